The van der Waals surface area contributed by atoms with Gasteiger partial charge in [-0.1, -0.05) is 5.10 Å². The summed E-state index contributed by atoms with van der Waals surface area (Å²) in [6.45, 7) is 2.86. The van der Waals surface area contributed by atoms with Crippen LogP contribution in [0, 0.1) is 0 Å². The quantitative estimate of drug-likeness (QED) is 0.785. The molecule has 0 unspecified atom stereocenters. The van der Waals surface area contributed by atoms with Gasteiger partial charge >= 0.3 is 6.01 Å². The topological polar surface area (TPSA) is 83.3 Å². The van der Waals surface area contributed by atoms with Gasteiger partial charge in [-0.2, -0.15) is 0 Å². The number of hydrogen-bond donors (Lipinski definition) is 2. The molecule has 1 aromatic heterocycles. The summed E-state index contributed by atoms with van der Waals surface area (Å²) in [5, 5.41) is 13.6. The second kappa shape index (κ2) is 7.08. The highest BCUT2D eigenvalue weighted by atomic mass is 16.4. The normalized spacial score (nSPS) is 15.5. The molecule has 0 saturated carbocycles. The molecule has 1 amide bonds. The largest absolute Gasteiger partial charge is 0.407 e. The molecule has 0 bridgehead atoms. The molecule has 1 aliphatic rings. The van der Waals surface area contributed by atoms with Crippen LogP contribution in [0.5, 0.6) is 0 Å². The van der Waals surface area contributed by atoms with E-state index >= 15 is 0 Å². The maximum Gasteiger partial charge on any atom is 0.315 e. The van der Waals surface area contributed by atoms with E-state index in [1.807, 2.05) is 11.9 Å². The highest BCUT2D eigenvalue weighted by molar-refractivity contribution is 5.76. The SMILES string of the molecule is CNCc1nnc(NCCC(=O)N2CCCCC2)o1. The Kier molecular flexibility index (Phi) is 5.14. The van der Waals surface area contributed by atoms with Crippen molar-refractivity contribution in [2.75, 3.05) is 32.0 Å². The Morgan fingerprint density at radius 1 is 1.32 bits per heavy atom. The summed E-state index contributed by atoms with van der Waals surface area (Å²) >= 11 is 0. The van der Waals surface area contributed by atoms with Crippen molar-refractivity contribution < 1.29 is 9.21 Å². The van der Waals surface area contributed by atoms with Gasteiger partial charge in [0, 0.05) is 26.1 Å². The van der Waals surface area contributed by atoms with Crippen LogP contribution in [0.1, 0.15) is 31.6 Å². The summed E-state index contributed by atoms with van der Waals surface area (Å²) in [6.07, 6.45) is 3.94. The second-order valence-electron chi connectivity index (χ2n) is 4.65. The van der Waals surface area contributed by atoms with Gasteiger partial charge in [-0.3, -0.25) is 4.79 Å². The lowest BCUT2D eigenvalue weighted by Crippen LogP contribution is -2.36. The first-order valence-corrected chi connectivity index (χ1v) is 6.78. The Hall–Kier alpha value is -1.63. The Balaban J connectivity index is 1.68. The lowest BCUT2D eigenvalue weighted by atomic mass is 10.1. The van der Waals surface area contributed by atoms with E-state index in [2.05, 4.69) is 20.8 Å². The monoisotopic (exact) mass is 267 g/mol. The van der Waals surface area contributed by atoms with Crippen LogP contribution in [0.25, 0.3) is 0 Å². The number of rotatable bonds is 6. The molecule has 19 heavy (non-hydrogen) atoms. The summed E-state index contributed by atoms with van der Waals surface area (Å²) in [5.74, 6) is 0.731. The molecule has 2 rings (SSSR count). The van der Waals surface area contributed by atoms with Gasteiger partial charge in [0.05, 0.1) is 6.54 Å². The molecule has 0 aliphatic carbocycles. The van der Waals surface area contributed by atoms with E-state index in [0.717, 1.165) is 25.9 Å². The van der Waals surface area contributed by atoms with Gasteiger partial charge in [-0.05, 0) is 26.3 Å². The molecule has 0 atom stereocenters. The molecule has 106 valence electrons. The zero-order valence-corrected chi connectivity index (χ0v) is 11.3. The molecule has 1 aromatic rings. The number of piperidine rings is 1. The molecule has 7 nitrogen and oxygen atoms in total. The maximum atomic E-state index is 11.9. The van der Waals surface area contributed by atoms with Crippen molar-refractivity contribution >= 4 is 11.9 Å². The predicted molar refractivity (Wildman–Crippen MR) is 70.6 cm³/mol. The number of aromatic nitrogens is 2. The molecule has 0 spiro atoms. The molecule has 0 aromatic carbocycles. The van der Waals surface area contributed by atoms with E-state index in [9.17, 15) is 4.79 Å². The van der Waals surface area contributed by atoms with Crippen molar-refractivity contribution in [1.82, 2.24) is 20.4 Å². The van der Waals surface area contributed by atoms with Crippen LogP contribution in [0.15, 0.2) is 4.42 Å². The fraction of sp³-hybridized carbons (Fsp3) is 0.750. The fourth-order valence-corrected chi connectivity index (χ4v) is 2.13. The first kappa shape index (κ1) is 13.8. The Labute approximate surface area is 112 Å². The number of nitrogens with one attached hydrogen (secondary N) is 2. The minimum atomic E-state index is 0.196. The van der Waals surface area contributed by atoms with Gasteiger partial charge in [0.2, 0.25) is 11.8 Å². The van der Waals surface area contributed by atoms with E-state index in [-0.39, 0.29) is 5.91 Å². The molecule has 1 saturated heterocycles. The summed E-state index contributed by atoms with van der Waals surface area (Å²) < 4.78 is 5.33. The van der Waals surface area contributed by atoms with Gasteiger partial charge in [0.25, 0.3) is 0 Å². The van der Waals surface area contributed by atoms with Crippen LogP contribution < -0.4 is 10.6 Å². The highest BCUT2D eigenvalue weighted by Crippen LogP contribution is 2.10. The molecular weight excluding hydrogens is 246 g/mol. The third kappa shape index (κ3) is 4.20. The van der Waals surface area contributed by atoms with E-state index < -0.39 is 0 Å². The number of nitrogens with zero attached hydrogens (tertiary/aromatic N) is 3. The standard InChI is InChI=1S/C12H21N5O2/c1-13-9-10-15-16-12(19-10)14-6-5-11(18)17-7-3-2-4-8-17/h13H,2-9H2,1H3,(H,14,16). The summed E-state index contributed by atoms with van der Waals surface area (Å²) in [6, 6.07) is 0.372. The van der Waals surface area contributed by atoms with Crippen molar-refractivity contribution in [2.45, 2.75) is 32.2 Å². The second-order valence-corrected chi connectivity index (χ2v) is 4.65. The zero-order valence-electron chi connectivity index (χ0n) is 11.3. The van der Waals surface area contributed by atoms with Crippen LogP contribution in [0.4, 0.5) is 6.01 Å². The lowest BCUT2D eigenvalue weighted by Gasteiger charge is -2.26. The van der Waals surface area contributed by atoms with Crippen molar-refractivity contribution in [2.24, 2.45) is 0 Å². The van der Waals surface area contributed by atoms with Gasteiger partial charge in [-0.15, -0.1) is 5.10 Å². The molecular formula is C12H21N5O2. The Morgan fingerprint density at radius 3 is 2.84 bits per heavy atom. The van der Waals surface area contributed by atoms with Crippen molar-refractivity contribution in [1.29, 1.82) is 0 Å². The van der Waals surface area contributed by atoms with Crippen LogP contribution in [-0.2, 0) is 11.3 Å². The van der Waals surface area contributed by atoms with E-state index in [0.29, 0.717) is 31.4 Å². The molecule has 2 N–H and O–H groups in total. The summed E-state index contributed by atoms with van der Waals surface area (Å²) in [4.78, 5) is 13.8. The predicted octanol–water partition coefficient (Wildman–Crippen LogP) is 0.603. The number of carbonyl (C=O) groups excluding carboxylic acids is 1. The Bertz CT molecular complexity index is 401. The van der Waals surface area contributed by atoms with Gasteiger partial charge < -0.3 is 20.0 Å². The summed E-state index contributed by atoms with van der Waals surface area (Å²) in [5.41, 5.74) is 0. The Morgan fingerprint density at radius 2 is 2.11 bits per heavy atom. The molecule has 1 aliphatic heterocycles. The van der Waals surface area contributed by atoms with Crippen LogP contribution >= 0.6 is 0 Å². The third-order valence-electron chi connectivity index (χ3n) is 3.12. The number of carbonyl (C=O) groups is 1. The average Bonchev–Trinajstić information content (AvgIpc) is 2.88. The fourth-order valence-electron chi connectivity index (χ4n) is 2.13. The maximum absolute atomic E-state index is 11.9. The third-order valence-corrected chi connectivity index (χ3v) is 3.12. The van der Waals surface area contributed by atoms with Gasteiger partial charge in [-0.25, -0.2) is 0 Å². The minimum absolute atomic E-state index is 0.196. The smallest absolute Gasteiger partial charge is 0.315 e. The molecule has 1 fully saturated rings. The number of amides is 1. The van der Waals surface area contributed by atoms with Crippen LogP contribution in [0.2, 0.25) is 0 Å². The lowest BCUT2D eigenvalue weighted by molar-refractivity contribution is -0.131. The van der Waals surface area contributed by atoms with E-state index in [1.165, 1.54) is 6.42 Å². The van der Waals surface area contributed by atoms with Gasteiger partial charge in [0.1, 0.15) is 0 Å². The molecule has 0 radical (unpaired) electrons. The van der Waals surface area contributed by atoms with Gasteiger partial charge in [0.15, 0.2) is 0 Å². The molecule has 7 heteroatoms. The van der Waals surface area contributed by atoms with Crippen LogP contribution in [0.3, 0.4) is 0 Å². The van der Waals surface area contributed by atoms with Crippen molar-refractivity contribution in [3.8, 4) is 0 Å². The van der Waals surface area contributed by atoms with Crippen LogP contribution in [-0.4, -0.2) is 47.7 Å². The summed E-state index contributed by atoms with van der Waals surface area (Å²) in [7, 11) is 1.81. The number of anilines is 1. The van der Waals surface area contributed by atoms with E-state index in [4.69, 9.17) is 4.42 Å². The average molecular weight is 267 g/mol. The highest BCUT2D eigenvalue weighted by Gasteiger charge is 2.16. The number of hydrogen-bond acceptors (Lipinski definition) is 6. The molecule has 2 heterocycles. The van der Waals surface area contributed by atoms with E-state index in [1.54, 1.807) is 0 Å². The van der Waals surface area contributed by atoms with Crippen molar-refractivity contribution in [3.05, 3.63) is 5.89 Å². The first-order valence-electron chi connectivity index (χ1n) is 6.78. The van der Waals surface area contributed by atoms with Crippen molar-refractivity contribution in [3.63, 3.8) is 0 Å². The zero-order chi connectivity index (χ0) is 13.5. The minimum Gasteiger partial charge on any atom is -0.407 e. The first-order chi connectivity index (χ1) is 9.29. The number of likely N-dealkylation sites (tertiary alicyclic amines) is 1.